The minimum absolute atomic E-state index is 0.302. The van der Waals surface area contributed by atoms with Crippen LogP contribution in [-0.4, -0.2) is 27.1 Å². The van der Waals surface area contributed by atoms with Crippen LogP contribution in [0.15, 0.2) is 20.9 Å². The summed E-state index contributed by atoms with van der Waals surface area (Å²) in [6.45, 7) is 1.62. The molecule has 0 saturated carbocycles. The maximum atomic E-state index is 11.6. The van der Waals surface area contributed by atoms with Crippen LogP contribution in [-0.2, 0) is 4.74 Å². The van der Waals surface area contributed by atoms with Gasteiger partial charge < -0.3 is 9.94 Å². The lowest BCUT2D eigenvalue weighted by atomic mass is 10.2. The normalized spacial score (nSPS) is 24.5. The summed E-state index contributed by atoms with van der Waals surface area (Å²) in [5.41, 5.74) is -0.433. The highest BCUT2D eigenvalue weighted by molar-refractivity contribution is 5.62. The Labute approximate surface area is 96.3 Å². The predicted octanol–water partition coefficient (Wildman–Crippen LogP) is -0.0174. The standard InChI is InChI=1S/C10H13N3O4/c1-6-5-13(10(15)12-9(6)14)8-3-2-7(17-8)4-11-16/h4-5,7-8,16H,2-3H2,1H3,(H,12,14,15)/b11-4-. The van der Waals surface area contributed by atoms with Gasteiger partial charge in [0.25, 0.3) is 5.56 Å². The van der Waals surface area contributed by atoms with Crippen LogP contribution in [0.25, 0.3) is 0 Å². The van der Waals surface area contributed by atoms with Crippen molar-refractivity contribution >= 4 is 6.21 Å². The van der Waals surface area contributed by atoms with Gasteiger partial charge >= 0.3 is 5.69 Å². The topological polar surface area (TPSA) is 96.7 Å². The minimum Gasteiger partial charge on any atom is -0.411 e. The number of nitrogens with zero attached hydrogens (tertiary/aromatic N) is 2. The molecule has 0 spiro atoms. The van der Waals surface area contributed by atoms with E-state index in [4.69, 9.17) is 9.94 Å². The quantitative estimate of drug-likeness (QED) is 0.430. The van der Waals surface area contributed by atoms with E-state index >= 15 is 0 Å². The second kappa shape index (κ2) is 4.54. The van der Waals surface area contributed by atoms with Gasteiger partial charge in [-0.05, 0) is 19.8 Å². The van der Waals surface area contributed by atoms with Gasteiger partial charge in [-0.25, -0.2) is 4.79 Å². The number of oxime groups is 1. The lowest BCUT2D eigenvalue weighted by molar-refractivity contribution is 0.0291. The van der Waals surface area contributed by atoms with Crippen LogP contribution < -0.4 is 11.2 Å². The predicted molar refractivity (Wildman–Crippen MR) is 59.5 cm³/mol. The minimum atomic E-state index is -0.493. The van der Waals surface area contributed by atoms with Crippen molar-refractivity contribution in [1.82, 2.24) is 9.55 Å². The summed E-state index contributed by atoms with van der Waals surface area (Å²) in [6.07, 6.45) is 3.32. The van der Waals surface area contributed by atoms with E-state index in [0.717, 1.165) is 0 Å². The first-order valence-electron chi connectivity index (χ1n) is 5.27. The first-order chi connectivity index (χ1) is 8.11. The van der Waals surface area contributed by atoms with Crippen LogP contribution in [0.4, 0.5) is 0 Å². The molecule has 1 aliphatic rings. The molecule has 1 aliphatic heterocycles. The van der Waals surface area contributed by atoms with Crippen molar-refractivity contribution in [2.24, 2.45) is 5.16 Å². The summed E-state index contributed by atoms with van der Waals surface area (Å²) in [6, 6.07) is 0. The summed E-state index contributed by atoms with van der Waals surface area (Å²) >= 11 is 0. The molecule has 1 aromatic rings. The Balaban J connectivity index is 2.28. The average molecular weight is 239 g/mol. The fraction of sp³-hybridized carbons (Fsp3) is 0.500. The summed E-state index contributed by atoms with van der Waals surface area (Å²) in [4.78, 5) is 25.0. The monoisotopic (exact) mass is 239 g/mol. The van der Waals surface area contributed by atoms with Gasteiger partial charge in [0, 0.05) is 11.8 Å². The van der Waals surface area contributed by atoms with Gasteiger partial charge in [0.2, 0.25) is 0 Å². The lowest BCUT2D eigenvalue weighted by Crippen LogP contribution is -2.33. The van der Waals surface area contributed by atoms with Crippen LogP contribution in [0.5, 0.6) is 0 Å². The Morgan fingerprint density at radius 1 is 1.59 bits per heavy atom. The number of H-pyrrole nitrogens is 1. The van der Waals surface area contributed by atoms with Crippen molar-refractivity contribution in [3.05, 3.63) is 32.6 Å². The lowest BCUT2D eigenvalue weighted by Gasteiger charge is -2.14. The van der Waals surface area contributed by atoms with Crippen molar-refractivity contribution in [3.8, 4) is 0 Å². The van der Waals surface area contributed by atoms with Crippen molar-refractivity contribution < 1.29 is 9.94 Å². The molecule has 0 aliphatic carbocycles. The molecule has 2 rings (SSSR count). The summed E-state index contributed by atoms with van der Waals surface area (Å²) < 4.78 is 6.84. The van der Waals surface area contributed by atoms with E-state index in [1.807, 2.05) is 0 Å². The molecule has 2 heterocycles. The Hall–Kier alpha value is -1.89. The van der Waals surface area contributed by atoms with E-state index in [0.29, 0.717) is 18.4 Å². The Bertz CT molecular complexity index is 545. The van der Waals surface area contributed by atoms with E-state index in [2.05, 4.69) is 10.1 Å². The molecule has 92 valence electrons. The summed E-state index contributed by atoms with van der Waals surface area (Å²) in [7, 11) is 0. The molecule has 7 nitrogen and oxygen atoms in total. The Kier molecular flexibility index (Phi) is 3.10. The van der Waals surface area contributed by atoms with Crippen molar-refractivity contribution in [2.75, 3.05) is 0 Å². The first-order valence-corrected chi connectivity index (χ1v) is 5.27. The number of rotatable bonds is 2. The zero-order chi connectivity index (χ0) is 12.4. The van der Waals surface area contributed by atoms with Gasteiger partial charge in [0.05, 0.1) is 12.3 Å². The van der Waals surface area contributed by atoms with Gasteiger partial charge in [-0.2, -0.15) is 0 Å². The molecule has 7 heteroatoms. The molecule has 1 aromatic heterocycles. The molecular weight excluding hydrogens is 226 g/mol. The SMILES string of the molecule is Cc1cn(C2CCC(/C=N\O)O2)c(=O)[nH]c1=O. The van der Waals surface area contributed by atoms with E-state index in [9.17, 15) is 9.59 Å². The van der Waals surface area contributed by atoms with Crippen LogP contribution in [0, 0.1) is 6.92 Å². The number of ether oxygens (including phenoxy) is 1. The third-order valence-electron chi connectivity index (χ3n) is 2.72. The van der Waals surface area contributed by atoms with Crippen LogP contribution in [0.1, 0.15) is 24.6 Å². The molecule has 0 radical (unpaired) electrons. The van der Waals surface area contributed by atoms with E-state index in [-0.39, 0.29) is 6.10 Å². The zero-order valence-electron chi connectivity index (χ0n) is 9.29. The van der Waals surface area contributed by atoms with Crippen molar-refractivity contribution in [3.63, 3.8) is 0 Å². The van der Waals surface area contributed by atoms with E-state index in [1.54, 1.807) is 6.92 Å². The Morgan fingerprint density at radius 3 is 3.06 bits per heavy atom. The smallest absolute Gasteiger partial charge is 0.330 e. The molecule has 0 aromatic carbocycles. The molecular formula is C10H13N3O4. The highest BCUT2D eigenvalue weighted by Gasteiger charge is 2.26. The largest absolute Gasteiger partial charge is 0.411 e. The molecule has 17 heavy (non-hydrogen) atoms. The number of aryl methyl sites for hydroxylation is 1. The molecule has 2 N–H and O–H groups in total. The van der Waals surface area contributed by atoms with Crippen LogP contribution >= 0.6 is 0 Å². The maximum absolute atomic E-state index is 11.6. The van der Waals surface area contributed by atoms with Gasteiger partial charge in [0.1, 0.15) is 6.23 Å². The average Bonchev–Trinajstić information content (AvgIpc) is 2.72. The summed E-state index contributed by atoms with van der Waals surface area (Å²) in [5, 5.41) is 11.3. The number of nitrogens with one attached hydrogen (secondary N) is 1. The van der Waals surface area contributed by atoms with Crippen LogP contribution in [0.2, 0.25) is 0 Å². The van der Waals surface area contributed by atoms with Crippen molar-refractivity contribution in [1.29, 1.82) is 0 Å². The van der Waals surface area contributed by atoms with E-state index < -0.39 is 17.5 Å². The second-order valence-corrected chi connectivity index (χ2v) is 3.95. The molecule has 1 saturated heterocycles. The third-order valence-corrected chi connectivity index (χ3v) is 2.72. The Morgan fingerprint density at radius 2 is 2.35 bits per heavy atom. The van der Waals surface area contributed by atoms with Gasteiger partial charge in [-0.1, -0.05) is 5.16 Å². The van der Waals surface area contributed by atoms with E-state index in [1.165, 1.54) is 17.0 Å². The number of aromatic nitrogens is 2. The number of hydrogen-bond donors (Lipinski definition) is 2. The van der Waals surface area contributed by atoms with Crippen LogP contribution in [0.3, 0.4) is 0 Å². The zero-order valence-corrected chi connectivity index (χ0v) is 9.29. The van der Waals surface area contributed by atoms with Crippen molar-refractivity contribution in [2.45, 2.75) is 32.1 Å². The third kappa shape index (κ3) is 2.28. The maximum Gasteiger partial charge on any atom is 0.330 e. The van der Waals surface area contributed by atoms with Gasteiger partial charge in [-0.15, -0.1) is 0 Å². The first kappa shape index (κ1) is 11.6. The fourth-order valence-corrected chi connectivity index (χ4v) is 1.83. The molecule has 2 atom stereocenters. The number of hydrogen-bond acceptors (Lipinski definition) is 5. The molecule has 0 amide bonds. The van der Waals surface area contributed by atoms with Gasteiger partial charge in [0.15, 0.2) is 0 Å². The molecule has 0 bridgehead atoms. The number of aromatic amines is 1. The molecule has 1 fully saturated rings. The molecule has 2 unspecified atom stereocenters. The van der Waals surface area contributed by atoms with Gasteiger partial charge in [-0.3, -0.25) is 14.3 Å². The highest BCUT2D eigenvalue weighted by Crippen LogP contribution is 2.25. The fourth-order valence-electron chi connectivity index (χ4n) is 1.83. The summed E-state index contributed by atoms with van der Waals surface area (Å²) in [5.74, 6) is 0. The second-order valence-electron chi connectivity index (χ2n) is 3.95. The highest BCUT2D eigenvalue weighted by atomic mass is 16.5.